The Labute approximate surface area is 270 Å². The number of carbonyl (C=O) groups is 2. The molecule has 0 saturated heterocycles. The van der Waals surface area contributed by atoms with E-state index in [4.69, 9.17) is 5.14 Å². The molecule has 1 aliphatic heterocycles. The maximum Gasteiger partial charge on any atom is 0.238 e. The van der Waals surface area contributed by atoms with Gasteiger partial charge in [-0.15, -0.1) is 23.5 Å². The van der Waals surface area contributed by atoms with E-state index in [1.807, 2.05) is 66.7 Å². The van der Waals surface area contributed by atoms with Gasteiger partial charge in [0.05, 0.1) is 15.8 Å². The van der Waals surface area contributed by atoms with E-state index >= 15 is 0 Å². The molecular weight excluding hydrogens is 633 g/mol. The van der Waals surface area contributed by atoms with E-state index in [0.29, 0.717) is 13.1 Å². The topological polar surface area (TPSA) is 122 Å². The van der Waals surface area contributed by atoms with Crippen molar-refractivity contribution in [1.29, 1.82) is 0 Å². The number of hydrogen-bond acceptors (Lipinski definition) is 8. The van der Waals surface area contributed by atoms with Crippen molar-refractivity contribution in [3.05, 3.63) is 114 Å². The summed E-state index contributed by atoms with van der Waals surface area (Å²) >= 11 is 4.43. The van der Waals surface area contributed by atoms with Gasteiger partial charge in [0.15, 0.2) is 0 Å². The van der Waals surface area contributed by atoms with Gasteiger partial charge in [-0.2, -0.15) is 0 Å². The van der Waals surface area contributed by atoms with Gasteiger partial charge < -0.3 is 5.32 Å². The van der Waals surface area contributed by atoms with Crippen LogP contribution in [0, 0.1) is 0 Å². The summed E-state index contributed by atoms with van der Waals surface area (Å²) in [5.74, 6) is 0.522. The van der Waals surface area contributed by atoms with E-state index in [9.17, 15) is 18.0 Å². The summed E-state index contributed by atoms with van der Waals surface area (Å²) in [6, 6.07) is 32.5. The maximum absolute atomic E-state index is 12.6. The van der Waals surface area contributed by atoms with Crippen molar-refractivity contribution in [1.82, 2.24) is 9.62 Å². The molecule has 8 nitrogen and oxygen atoms in total. The summed E-state index contributed by atoms with van der Waals surface area (Å²) in [7, 11) is -3.74. The first-order chi connectivity index (χ1) is 21.2. The second kappa shape index (κ2) is 15.2. The lowest BCUT2D eigenvalue weighted by molar-refractivity contribution is -0.122. The first-order valence-corrected chi connectivity index (χ1v) is 18.1. The molecule has 1 heterocycles. The zero-order chi connectivity index (χ0) is 30.9. The van der Waals surface area contributed by atoms with Crippen LogP contribution in [-0.4, -0.2) is 42.7 Å². The molecule has 4 aromatic rings. The summed E-state index contributed by atoms with van der Waals surface area (Å²) in [5.41, 5.74) is 2.88. The Morgan fingerprint density at radius 2 is 1.50 bits per heavy atom. The minimum Gasteiger partial charge on any atom is -0.324 e. The van der Waals surface area contributed by atoms with Crippen LogP contribution in [0.2, 0.25) is 0 Å². The molecule has 12 heteroatoms. The molecular formula is C32H32N4O4S4. The number of nitrogens with one attached hydrogen (secondary N) is 2. The van der Waals surface area contributed by atoms with Crippen molar-refractivity contribution in [2.45, 2.75) is 44.3 Å². The Kier molecular flexibility index (Phi) is 11.1. The molecule has 1 unspecified atom stereocenters. The summed E-state index contributed by atoms with van der Waals surface area (Å²) in [6.07, 6.45) is 0.0874. The number of sulfonamides is 1. The highest BCUT2D eigenvalue weighted by molar-refractivity contribution is 8.01. The first kappa shape index (κ1) is 32.1. The smallest absolute Gasteiger partial charge is 0.238 e. The second-order valence-electron chi connectivity index (χ2n) is 10.1. The molecule has 4 N–H and O–H groups in total. The lowest BCUT2D eigenvalue weighted by atomic mass is 10.1. The number of anilines is 1. The number of amides is 2. The molecule has 0 bridgehead atoms. The van der Waals surface area contributed by atoms with E-state index in [2.05, 4.69) is 27.1 Å². The van der Waals surface area contributed by atoms with Crippen molar-refractivity contribution in [2.24, 2.45) is 5.14 Å². The van der Waals surface area contributed by atoms with Gasteiger partial charge in [-0.05, 0) is 71.6 Å². The van der Waals surface area contributed by atoms with Crippen molar-refractivity contribution in [3.63, 3.8) is 0 Å². The highest BCUT2D eigenvalue weighted by Crippen LogP contribution is 2.36. The highest BCUT2D eigenvalue weighted by atomic mass is 32.2. The van der Waals surface area contributed by atoms with Crippen LogP contribution in [0.4, 0.5) is 5.69 Å². The molecule has 228 valence electrons. The number of rotatable bonds is 13. The summed E-state index contributed by atoms with van der Waals surface area (Å²) < 4.78 is 26.2. The number of para-hydroxylation sites is 1. The zero-order valence-corrected chi connectivity index (χ0v) is 27.0. The Bertz CT molecular complexity index is 1690. The minimum absolute atomic E-state index is 0.0874. The predicted molar refractivity (Wildman–Crippen MR) is 179 cm³/mol. The second-order valence-corrected chi connectivity index (χ2v) is 15.0. The number of thioether (sulfide) groups is 2. The number of benzene rings is 4. The van der Waals surface area contributed by atoms with Crippen molar-refractivity contribution < 1.29 is 18.0 Å². The average Bonchev–Trinajstić information content (AvgIpc) is 3.01. The van der Waals surface area contributed by atoms with Crippen LogP contribution in [0.15, 0.2) is 123 Å². The fourth-order valence-electron chi connectivity index (χ4n) is 4.54. The lowest BCUT2D eigenvalue weighted by Crippen LogP contribution is -2.33. The molecule has 4 aromatic carbocycles. The zero-order valence-electron chi connectivity index (χ0n) is 23.7. The van der Waals surface area contributed by atoms with E-state index in [1.165, 1.54) is 28.6 Å². The molecule has 0 radical (unpaired) electrons. The Hall–Kier alpha value is -3.26. The van der Waals surface area contributed by atoms with Crippen molar-refractivity contribution in [3.8, 4) is 0 Å². The third-order valence-corrected chi connectivity index (χ3v) is 10.8. The molecule has 0 spiro atoms. The molecule has 1 aliphatic rings. The lowest BCUT2D eigenvalue weighted by Gasteiger charge is -2.23. The highest BCUT2D eigenvalue weighted by Gasteiger charge is 2.28. The third kappa shape index (κ3) is 9.37. The first-order valence-electron chi connectivity index (χ1n) is 13.9. The monoisotopic (exact) mass is 664 g/mol. The van der Waals surface area contributed by atoms with Gasteiger partial charge in [0, 0.05) is 46.5 Å². The van der Waals surface area contributed by atoms with Crippen molar-refractivity contribution >= 4 is 63.0 Å². The Morgan fingerprint density at radius 3 is 2.18 bits per heavy atom. The van der Waals surface area contributed by atoms with Crippen LogP contribution < -0.4 is 15.2 Å². The number of hydrogen-bond donors (Lipinski definition) is 3. The SMILES string of the molecule is NS(=O)(=O)c1ccc(CN(CCSc2ccccc2)Cc2ccc(SNC(=O)CC3Sc4ccccc4NC3=O)cc2)cc1. The largest absolute Gasteiger partial charge is 0.324 e. The summed E-state index contributed by atoms with van der Waals surface area (Å²) in [6.45, 7) is 2.16. The minimum atomic E-state index is -3.74. The van der Waals surface area contributed by atoms with Gasteiger partial charge in [0.2, 0.25) is 21.8 Å². The van der Waals surface area contributed by atoms with Crippen LogP contribution in [-0.2, 0) is 32.7 Å². The molecule has 44 heavy (non-hydrogen) atoms. The number of fused-ring (bicyclic) bond motifs is 1. The number of primary sulfonamides is 1. The summed E-state index contributed by atoms with van der Waals surface area (Å²) in [5, 5.41) is 7.66. The molecule has 0 aliphatic carbocycles. The van der Waals surface area contributed by atoms with Crippen LogP contribution in [0.25, 0.3) is 0 Å². The molecule has 5 rings (SSSR count). The van der Waals surface area contributed by atoms with Crippen molar-refractivity contribution in [2.75, 3.05) is 17.6 Å². The normalized spacial score (nSPS) is 14.6. The number of nitrogens with two attached hydrogens (primary N) is 1. The molecule has 1 atom stereocenters. The quantitative estimate of drug-likeness (QED) is 0.122. The van der Waals surface area contributed by atoms with Gasteiger partial charge in [0.25, 0.3) is 0 Å². The van der Waals surface area contributed by atoms with Gasteiger partial charge in [-0.1, -0.05) is 54.6 Å². The van der Waals surface area contributed by atoms with Gasteiger partial charge in [-0.25, -0.2) is 13.6 Å². The fraction of sp³-hybridized carbons (Fsp3) is 0.188. The number of carbonyl (C=O) groups excluding carboxylic acids is 2. The van der Waals surface area contributed by atoms with Crippen LogP contribution in [0.3, 0.4) is 0 Å². The van der Waals surface area contributed by atoms with Crippen LogP contribution >= 0.6 is 35.5 Å². The van der Waals surface area contributed by atoms with Crippen LogP contribution in [0.5, 0.6) is 0 Å². The average molecular weight is 665 g/mol. The van der Waals surface area contributed by atoms with E-state index in [1.54, 1.807) is 36.0 Å². The summed E-state index contributed by atoms with van der Waals surface area (Å²) in [4.78, 5) is 30.5. The Morgan fingerprint density at radius 1 is 0.864 bits per heavy atom. The van der Waals surface area contributed by atoms with E-state index in [-0.39, 0.29) is 23.1 Å². The van der Waals surface area contributed by atoms with Gasteiger partial charge >= 0.3 is 0 Å². The van der Waals surface area contributed by atoms with Crippen LogP contribution in [0.1, 0.15) is 17.5 Å². The van der Waals surface area contributed by atoms with E-state index < -0.39 is 15.3 Å². The predicted octanol–water partition coefficient (Wildman–Crippen LogP) is 5.75. The Balaban J connectivity index is 1.16. The molecule has 2 amide bonds. The van der Waals surface area contributed by atoms with Gasteiger partial charge in [-0.3, -0.25) is 19.2 Å². The van der Waals surface area contributed by atoms with Gasteiger partial charge in [0.1, 0.15) is 0 Å². The maximum atomic E-state index is 12.6. The fourth-order valence-corrected chi connectivity index (χ4v) is 7.69. The number of nitrogens with zero attached hydrogens (tertiary/aromatic N) is 1. The molecule has 0 fully saturated rings. The molecule has 0 aromatic heterocycles. The molecule has 0 saturated carbocycles. The van der Waals surface area contributed by atoms with E-state index in [0.717, 1.165) is 38.9 Å². The standard InChI is InChI=1S/C32H32N4O4S4/c33-44(39,40)27-16-12-24(13-17-27)22-36(18-19-41-25-6-2-1-3-7-25)21-23-10-14-26(15-11-23)43-35-31(37)20-30-32(38)34-28-8-4-5-9-29(28)42-30/h1-17,30H,18-22H2,(H,34,38)(H,35,37)(H2,33,39,40). The third-order valence-electron chi connectivity index (χ3n) is 6.77.